The van der Waals surface area contributed by atoms with Crippen molar-refractivity contribution in [3.05, 3.63) is 89.4 Å². The van der Waals surface area contributed by atoms with E-state index in [4.69, 9.17) is 11.6 Å². The molecule has 1 amide bonds. The summed E-state index contributed by atoms with van der Waals surface area (Å²) < 4.78 is 27.6. The number of halogens is 1. The second kappa shape index (κ2) is 7.59. The van der Waals surface area contributed by atoms with Crippen LogP contribution in [0.2, 0.25) is 5.02 Å². The van der Waals surface area contributed by atoms with Crippen molar-refractivity contribution in [2.24, 2.45) is 0 Å². The van der Waals surface area contributed by atoms with Crippen LogP contribution in [0, 0.1) is 0 Å². The molecule has 3 aromatic carbocycles. The molecule has 7 heteroatoms. The van der Waals surface area contributed by atoms with E-state index in [9.17, 15) is 13.2 Å². The first-order valence-electron chi connectivity index (χ1n) is 7.69. The van der Waals surface area contributed by atoms with E-state index in [1.165, 1.54) is 12.1 Å². The van der Waals surface area contributed by atoms with E-state index in [-0.39, 0.29) is 16.5 Å². The van der Waals surface area contributed by atoms with Gasteiger partial charge in [0, 0.05) is 11.3 Å². The molecule has 0 aliphatic heterocycles. The van der Waals surface area contributed by atoms with Crippen molar-refractivity contribution < 1.29 is 13.2 Å². The highest BCUT2D eigenvalue weighted by molar-refractivity contribution is 7.92. The Hall–Kier alpha value is -2.83. The van der Waals surface area contributed by atoms with Crippen LogP contribution in [-0.4, -0.2) is 14.3 Å². The van der Waals surface area contributed by atoms with Gasteiger partial charge in [0.2, 0.25) is 0 Å². The van der Waals surface area contributed by atoms with Crippen LogP contribution < -0.4 is 10.0 Å². The van der Waals surface area contributed by atoms with Crippen LogP contribution in [-0.2, 0) is 10.0 Å². The minimum Gasteiger partial charge on any atom is -0.322 e. The van der Waals surface area contributed by atoms with Crippen LogP contribution in [0.15, 0.2) is 83.8 Å². The van der Waals surface area contributed by atoms with Crippen molar-refractivity contribution in [2.45, 2.75) is 4.90 Å². The molecule has 3 aromatic rings. The number of nitrogens with one attached hydrogen (secondary N) is 2. The fourth-order valence-electron chi connectivity index (χ4n) is 2.28. The summed E-state index contributed by atoms with van der Waals surface area (Å²) in [5, 5.41) is 2.98. The third-order valence-corrected chi connectivity index (χ3v) is 5.25. The number of carbonyl (C=O) groups is 1. The van der Waals surface area contributed by atoms with Gasteiger partial charge in [0.25, 0.3) is 15.9 Å². The van der Waals surface area contributed by atoms with Gasteiger partial charge in [-0.05, 0) is 42.5 Å². The van der Waals surface area contributed by atoms with Crippen LogP contribution in [0.3, 0.4) is 0 Å². The van der Waals surface area contributed by atoms with Crippen LogP contribution in [0.4, 0.5) is 11.4 Å². The third-order valence-electron chi connectivity index (χ3n) is 3.56. The lowest BCUT2D eigenvalue weighted by Crippen LogP contribution is -2.15. The van der Waals surface area contributed by atoms with Gasteiger partial charge < -0.3 is 5.32 Å². The summed E-state index contributed by atoms with van der Waals surface area (Å²) in [6.07, 6.45) is 0. The molecule has 0 aliphatic rings. The minimum atomic E-state index is -3.84. The normalized spacial score (nSPS) is 11.0. The molecule has 0 saturated carbocycles. The second-order valence-electron chi connectivity index (χ2n) is 5.43. The Morgan fingerprint density at radius 3 is 2.27 bits per heavy atom. The summed E-state index contributed by atoms with van der Waals surface area (Å²) in [5.74, 6) is -0.320. The summed E-state index contributed by atoms with van der Waals surface area (Å²) in [5.41, 5.74) is 1.14. The van der Waals surface area contributed by atoms with Crippen LogP contribution in [0.1, 0.15) is 10.4 Å². The highest BCUT2D eigenvalue weighted by Crippen LogP contribution is 2.25. The molecule has 0 unspecified atom stereocenters. The van der Waals surface area contributed by atoms with Crippen molar-refractivity contribution in [1.82, 2.24) is 0 Å². The molecule has 0 radical (unpaired) electrons. The zero-order valence-corrected chi connectivity index (χ0v) is 15.1. The number of rotatable bonds is 5. The smallest absolute Gasteiger partial charge is 0.262 e. The number of carbonyl (C=O) groups excluding carboxylic acids is 1. The van der Waals surface area contributed by atoms with Gasteiger partial charge in [-0.25, -0.2) is 8.42 Å². The summed E-state index contributed by atoms with van der Waals surface area (Å²) in [6, 6.07) is 21.2. The number of sulfonamides is 1. The highest BCUT2D eigenvalue weighted by atomic mass is 35.5. The Morgan fingerprint density at radius 1 is 0.846 bits per heavy atom. The number of benzene rings is 3. The zero-order chi connectivity index (χ0) is 18.6. The molecule has 0 bridgehead atoms. The lowest BCUT2D eigenvalue weighted by atomic mass is 10.2. The molecule has 0 heterocycles. The van der Waals surface area contributed by atoms with E-state index in [0.29, 0.717) is 16.3 Å². The number of hydrogen-bond donors (Lipinski definition) is 2. The zero-order valence-electron chi connectivity index (χ0n) is 13.5. The van der Waals surface area contributed by atoms with Gasteiger partial charge in [0.15, 0.2) is 0 Å². The first kappa shape index (κ1) is 18.0. The third kappa shape index (κ3) is 4.22. The molecule has 5 nitrogen and oxygen atoms in total. The van der Waals surface area contributed by atoms with E-state index >= 15 is 0 Å². The molecular formula is C19H15ClN2O3S. The molecule has 0 spiro atoms. The predicted octanol–water partition coefficient (Wildman–Crippen LogP) is 4.39. The Balaban J connectivity index is 1.82. The fourth-order valence-corrected chi connectivity index (χ4v) is 3.65. The van der Waals surface area contributed by atoms with Gasteiger partial charge in [-0.1, -0.05) is 48.0 Å². The number of anilines is 2. The molecular weight excluding hydrogens is 372 g/mol. The molecule has 0 atom stereocenters. The van der Waals surface area contributed by atoms with Crippen LogP contribution >= 0.6 is 11.6 Å². The lowest BCUT2D eigenvalue weighted by molar-refractivity contribution is 0.102. The summed E-state index contributed by atoms with van der Waals surface area (Å²) in [7, 11) is -3.84. The predicted molar refractivity (Wildman–Crippen MR) is 103 cm³/mol. The molecule has 0 saturated heterocycles. The number of para-hydroxylation sites is 1. The molecule has 3 rings (SSSR count). The SMILES string of the molecule is O=C(Nc1cccc(S(=O)(=O)Nc2ccccc2Cl)c1)c1ccccc1. The van der Waals surface area contributed by atoms with Gasteiger partial charge in [0.05, 0.1) is 15.6 Å². The highest BCUT2D eigenvalue weighted by Gasteiger charge is 2.16. The maximum atomic E-state index is 12.6. The van der Waals surface area contributed by atoms with Crippen molar-refractivity contribution in [3.8, 4) is 0 Å². The summed E-state index contributed by atoms with van der Waals surface area (Å²) >= 11 is 6.00. The van der Waals surface area contributed by atoms with Crippen LogP contribution in [0.25, 0.3) is 0 Å². The van der Waals surface area contributed by atoms with Crippen molar-refractivity contribution in [2.75, 3.05) is 10.0 Å². The van der Waals surface area contributed by atoms with Gasteiger partial charge in [-0.3, -0.25) is 9.52 Å². The first-order chi connectivity index (χ1) is 12.5. The monoisotopic (exact) mass is 386 g/mol. The van der Waals surface area contributed by atoms with E-state index < -0.39 is 10.0 Å². The topological polar surface area (TPSA) is 75.3 Å². The lowest BCUT2D eigenvalue weighted by Gasteiger charge is -2.11. The van der Waals surface area contributed by atoms with E-state index in [1.807, 2.05) is 6.07 Å². The van der Waals surface area contributed by atoms with E-state index in [1.54, 1.807) is 60.7 Å². The first-order valence-corrected chi connectivity index (χ1v) is 9.56. The Kier molecular flexibility index (Phi) is 5.25. The minimum absolute atomic E-state index is 0.0169. The average Bonchev–Trinajstić information content (AvgIpc) is 2.64. The van der Waals surface area contributed by atoms with Crippen molar-refractivity contribution in [1.29, 1.82) is 0 Å². The van der Waals surface area contributed by atoms with Gasteiger partial charge in [-0.15, -0.1) is 0 Å². The molecule has 0 aromatic heterocycles. The number of amides is 1. The Labute approximate surface area is 156 Å². The number of hydrogen-bond acceptors (Lipinski definition) is 3. The maximum absolute atomic E-state index is 12.6. The quantitative estimate of drug-likeness (QED) is 0.682. The second-order valence-corrected chi connectivity index (χ2v) is 7.52. The average molecular weight is 387 g/mol. The fraction of sp³-hybridized carbons (Fsp3) is 0. The van der Waals surface area contributed by atoms with E-state index in [0.717, 1.165) is 0 Å². The Morgan fingerprint density at radius 2 is 1.54 bits per heavy atom. The summed E-state index contributed by atoms with van der Waals surface area (Å²) in [6.45, 7) is 0. The van der Waals surface area contributed by atoms with Crippen molar-refractivity contribution in [3.63, 3.8) is 0 Å². The van der Waals surface area contributed by atoms with Gasteiger partial charge in [0.1, 0.15) is 0 Å². The maximum Gasteiger partial charge on any atom is 0.262 e. The van der Waals surface area contributed by atoms with Gasteiger partial charge >= 0.3 is 0 Å². The molecule has 0 fully saturated rings. The Bertz CT molecular complexity index is 1040. The largest absolute Gasteiger partial charge is 0.322 e. The van der Waals surface area contributed by atoms with Crippen LogP contribution in [0.5, 0.6) is 0 Å². The summed E-state index contributed by atoms with van der Waals surface area (Å²) in [4.78, 5) is 12.2. The standard InChI is InChI=1S/C19H15ClN2O3S/c20-17-11-4-5-12-18(17)22-26(24,25)16-10-6-9-15(13-16)21-19(23)14-7-2-1-3-8-14/h1-13,22H,(H,21,23). The molecule has 0 aliphatic carbocycles. The molecule has 26 heavy (non-hydrogen) atoms. The molecule has 132 valence electrons. The van der Waals surface area contributed by atoms with Gasteiger partial charge in [-0.2, -0.15) is 0 Å². The van der Waals surface area contributed by atoms with E-state index in [2.05, 4.69) is 10.0 Å². The molecule has 2 N–H and O–H groups in total. The van der Waals surface area contributed by atoms with Crippen molar-refractivity contribution >= 4 is 38.9 Å².